The van der Waals surface area contributed by atoms with Gasteiger partial charge in [0.15, 0.2) is 22.2 Å². The van der Waals surface area contributed by atoms with Crippen LogP contribution in [-0.2, 0) is 11.3 Å². The third kappa shape index (κ3) is 6.56. The molecule has 1 N–H and O–H groups in total. The minimum Gasteiger partial charge on any atom is -0.481 e. The number of halogens is 3. The Hall–Kier alpha value is -2.11. The van der Waals surface area contributed by atoms with E-state index >= 15 is 0 Å². The Balaban J connectivity index is 1.36. The molecule has 0 aliphatic heterocycles. The van der Waals surface area contributed by atoms with Crippen molar-refractivity contribution in [2.45, 2.75) is 31.7 Å². The SMILES string of the molecule is CCn1c(SCC(=O)Nc2nc(-c3ccc(Br)cc3)cs2)nnc1C(C)Oc1ccc(Cl)cc1Cl. The molecule has 0 fully saturated rings. The molecule has 1 amide bonds. The van der Waals surface area contributed by atoms with Crippen molar-refractivity contribution in [1.82, 2.24) is 19.7 Å². The van der Waals surface area contributed by atoms with Crippen LogP contribution in [0.4, 0.5) is 5.13 Å². The predicted molar refractivity (Wildman–Crippen MR) is 146 cm³/mol. The van der Waals surface area contributed by atoms with E-state index in [1.54, 1.807) is 18.2 Å². The molecule has 2 aromatic carbocycles. The number of anilines is 1. The smallest absolute Gasteiger partial charge is 0.236 e. The zero-order chi connectivity index (χ0) is 24.9. The fourth-order valence-electron chi connectivity index (χ4n) is 3.19. The highest BCUT2D eigenvalue weighted by atomic mass is 79.9. The molecule has 182 valence electrons. The van der Waals surface area contributed by atoms with Crippen molar-refractivity contribution in [3.05, 3.63) is 68.2 Å². The van der Waals surface area contributed by atoms with Crippen LogP contribution < -0.4 is 10.1 Å². The number of thioether (sulfide) groups is 1. The van der Waals surface area contributed by atoms with E-state index in [0.717, 1.165) is 15.7 Å². The van der Waals surface area contributed by atoms with E-state index in [1.807, 2.05) is 48.1 Å². The average molecular weight is 613 g/mol. The fourth-order valence-corrected chi connectivity index (χ4v) is 5.45. The second-order valence-electron chi connectivity index (χ2n) is 7.30. The molecule has 0 aliphatic rings. The number of amides is 1. The van der Waals surface area contributed by atoms with Gasteiger partial charge in [-0.25, -0.2) is 4.98 Å². The van der Waals surface area contributed by atoms with Crippen molar-refractivity contribution >= 4 is 73.3 Å². The van der Waals surface area contributed by atoms with Gasteiger partial charge in [-0.1, -0.05) is 63.0 Å². The fraction of sp³-hybridized carbons (Fsp3) is 0.217. The number of hydrogen-bond acceptors (Lipinski definition) is 7. The topological polar surface area (TPSA) is 81.9 Å². The number of aromatic nitrogens is 4. The van der Waals surface area contributed by atoms with E-state index in [4.69, 9.17) is 27.9 Å². The van der Waals surface area contributed by atoms with Crippen LogP contribution in [0.2, 0.25) is 10.0 Å². The van der Waals surface area contributed by atoms with Gasteiger partial charge in [0.25, 0.3) is 0 Å². The van der Waals surface area contributed by atoms with Gasteiger partial charge >= 0.3 is 0 Å². The first-order chi connectivity index (χ1) is 16.8. The summed E-state index contributed by atoms with van der Waals surface area (Å²) in [5.74, 6) is 1.15. The summed E-state index contributed by atoms with van der Waals surface area (Å²) in [4.78, 5) is 17.1. The molecular weight excluding hydrogens is 593 g/mol. The van der Waals surface area contributed by atoms with E-state index in [2.05, 4.69) is 36.4 Å². The molecule has 4 aromatic rings. The monoisotopic (exact) mass is 611 g/mol. The van der Waals surface area contributed by atoms with Gasteiger partial charge < -0.3 is 14.6 Å². The number of nitrogens with zero attached hydrogens (tertiary/aromatic N) is 4. The average Bonchev–Trinajstić information content (AvgIpc) is 3.47. The van der Waals surface area contributed by atoms with Crippen molar-refractivity contribution in [3.8, 4) is 17.0 Å². The van der Waals surface area contributed by atoms with Crippen LogP contribution in [0.1, 0.15) is 25.8 Å². The Bertz CT molecular complexity index is 1330. The lowest BCUT2D eigenvalue weighted by molar-refractivity contribution is -0.113. The number of thiazole rings is 1. The summed E-state index contributed by atoms with van der Waals surface area (Å²) in [5, 5.41) is 15.5. The molecule has 1 unspecified atom stereocenters. The second-order valence-corrected chi connectivity index (χ2v) is 10.9. The number of nitrogens with one attached hydrogen (secondary N) is 1. The standard InChI is InChI=1S/C23H20BrCl2N5O2S2/c1-3-31-21(13(2)33-19-9-8-16(25)10-17(19)26)29-30-23(31)35-12-20(32)28-22-27-18(11-34-22)14-4-6-15(24)7-5-14/h4-11,13H,3,12H2,1-2H3,(H,27,28,32). The molecule has 0 saturated heterocycles. The van der Waals surface area contributed by atoms with Gasteiger partial charge in [-0.3, -0.25) is 4.79 Å². The number of rotatable bonds is 9. The van der Waals surface area contributed by atoms with Gasteiger partial charge in [-0.05, 0) is 44.2 Å². The second kappa shape index (κ2) is 11.7. The lowest BCUT2D eigenvalue weighted by Gasteiger charge is -2.16. The van der Waals surface area contributed by atoms with Crippen molar-refractivity contribution in [1.29, 1.82) is 0 Å². The highest BCUT2D eigenvalue weighted by molar-refractivity contribution is 9.10. The number of hydrogen-bond donors (Lipinski definition) is 1. The first-order valence-electron chi connectivity index (χ1n) is 10.5. The first kappa shape index (κ1) is 26.0. The third-order valence-corrected chi connectivity index (χ3v) is 7.63. The minimum absolute atomic E-state index is 0.170. The van der Waals surface area contributed by atoms with Gasteiger partial charge in [-0.2, -0.15) is 0 Å². The van der Waals surface area contributed by atoms with Crippen molar-refractivity contribution in [2.75, 3.05) is 11.1 Å². The highest BCUT2D eigenvalue weighted by Gasteiger charge is 2.20. The predicted octanol–water partition coefficient (Wildman–Crippen LogP) is 7.36. The van der Waals surface area contributed by atoms with Crippen molar-refractivity contribution in [3.63, 3.8) is 0 Å². The van der Waals surface area contributed by atoms with E-state index in [9.17, 15) is 4.79 Å². The minimum atomic E-state index is -0.406. The summed E-state index contributed by atoms with van der Waals surface area (Å²) in [5.41, 5.74) is 1.80. The summed E-state index contributed by atoms with van der Waals surface area (Å²) in [6.07, 6.45) is -0.406. The van der Waals surface area contributed by atoms with E-state index in [1.165, 1.54) is 23.1 Å². The quantitative estimate of drug-likeness (QED) is 0.199. The maximum atomic E-state index is 12.5. The lowest BCUT2D eigenvalue weighted by Crippen LogP contribution is -2.15. The molecule has 0 saturated carbocycles. The largest absolute Gasteiger partial charge is 0.481 e. The van der Waals surface area contributed by atoms with Crippen LogP contribution in [-0.4, -0.2) is 31.4 Å². The Morgan fingerprint density at radius 1 is 1.23 bits per heavy atom. The molecule has 4 rings (SSSR count). The van der Waals surface area contributed by atoms with Gasteiger partial charge in [0.05, 0.1) is 16.5 Å². The molecule has 2 heterocycles. The summed E-state index contributed by atoms with van der Waals surface area (Å²) < 4.78 is 8.90. The Morgan fingerprint density at radius 3 is 2.71 bits per heavy atom. The Kier molecular flexibility index (Phi) is 8.72. The molecule has 2 aromatic heterocycles. The van der Waals surface area contributed by atoms with Gasteiger partial charge in [0, 0.05) is 27.0 Å². The highest BCUT2D eigenvalue weighted by Crippen LogP contribution is 2.32. The molecule has 0 aliphatic carbocycles. The molecule has 12 heteroatoms. The summed E-state index contributed by atoms with van der Waals surface area (Å²) in [7, 11) is 0. The van der Waals surface area contributed by atoms with Crippen molar-refractivity contribution in [2.24, 2.45) is 0 Å². The number of benzene rings is 2. The number of carbonyl (C=O) groups is 1. The third-order valence-electron chi connectivity index (χ3n) is 4.85. The molecule has 0 radical (unpaired) electrons. The van der Waals surface area contributed by atoms with Crippen LogP contribution in [0.5, 0.6) is 5.75 Å². The number of ether oxygens (including phenoxy) is 1. The summed E-state index contributed by atoms with van der Waals surface area (Å²) in [6, 6.07) is 12.9. The normalized spacial score (nSPS) is 11.9. The number of carbonyl (C=O) groups excluding carboxylic acids is 1. The van der Waals surface area contributed by atoms with Gasteiger partial charge in [-0.15, -0.1) is 21.5 Å². The van der Waals surface area contributed by atoms with Crippen LogP contribution in [0.3, 0.4) is 0 Å². The van der Waals surface area contributed by atoms with Crippen LogP contribution >= 0.6 is 62.2 Å². The van der Waals surface area contributed by atoms with E-state index in [-0.39, 0.29) is 11.7 Å². The molecule has 0 bridgehead atoms. The Labute approximate surface area is 229 Å². The molecule has 1 atom stereocenters. The molecule has 35 heavy (non-hydrogen) atoms. The zero-order valence-corrected chi connectivity index (χ0v) is 23.4. The Morgan fingerprint density at radius 2 is 2.00 bits per heavy atom. The molecular formula is C23H20BrCl2N5O2S2. The van der Waals surface area contributed by atoms with Crippen LogP contribution in [0, 0.1) is 0 Å². The molecule has 0 spiro atoms. The van der Waals surface area contributed by atoms with Gasteiger partial charge in [0.2, 0.25) is 5.91 Å². The van der Waals surface area contributed by atoms with Crippen molar-refractivity contribution < 1.29 is 9.53 Å². The van der Waals surface area contributed by atoms with Crippen LogP contribution in [0.15, 0.2) is 57.5 Å². The van der Waals surface area contributed by atoms with E-state index in [0.29, 0.717) is 38.5 Å². The summed E-state index contributed by atoms with van der Waals surface area (Å²) >= 11 is 18.3. The maximum absolute atomic E-state index is 12.5. The molecule has 7 nitrogen and oxygen atoms in total. The lowest BCUT2D eigenvalue weighted by atomic mass is 10.2. The maximum Gasteiger partial charge on any atom is 0.236 e. The summed E-state index contributed by atoms with van der Waals surface area (Å²) in [6.45, 7) is 4.48. The van der Waals surface area contributed by atoms with Gasteiger partial charge in [0.1, 0.15) is 5.75 Å². The zero-order valence-electron chi connectivity index (χ0n) is 18.7. The van der Waals surface area contributed by atoms with Crippen LogP contribution in [0.25, 0.3) is 11.3 Å². The van der Waals surface area contributed by atoms with E-state index < -0.39 is 6.10 Å². The first-order valence-corrected chi connectivity index (χ1v) is 13.9.